The average Bonchev–Trinajstić information content (AvgIpc) is 3.14. The van der Waals surface area contributed by atoms with E-state index < -0.39 is 54.7 Å². The molecule has 4 aliphatic rings. The van der Waals surface area contributed by atoms with Crippen molar-refractivity contribution in [3.8, 4) is 23.1 Å². The number of aliphatic hydroxyl groups is 1. The van der Waals surface area contributed by atoms with Gasteiger partial charge in [-0.05, 0) is 86.0 Å². The zero-order valence-corrected chi connectivity index (χ0v) is 31.9. The summed E-state index contributed by atoms with van der Waals surface area (Å²) < 4.78 is 33.4. The second-order valence-electron chi connectivity index (χ2n) is 16.1. The third-order valence-corrected chi connectivity index (χ3v) is 16.5. The minimum atomic E-state index is -2.45. The fraction of sp³-hybridized carbons (Fsp3) is 0.561. The van der Waals surface area contributed by atoms with Gasteiger partial charge in [-0.2, -0.15) is 5.26 Å². The lowest BCUT2D eigenvalue weighted by Gasteiger charge is -2.68. The third-order valence-electron chi connectivity index (χ3n) is 12.9. The van der Waals surface area contributed by atoms with E-state index in [-0.39, 0.29) is 29.1 Å². The van der Waals surface area contributed by atoms with E-state index >= 15 is 0 Å². The van der Waals surface area contributed by atoms with Crippen LogP contribution in [0.15, 0.2) is 64.1 Å². The van der Waals surface area contributed by atoms with Crippen molar-refractivity contribution in [1.82, 2.24) is 4.98 Å². The van der Waals surface area contributed by atoms with E-state index in [1.165, 1.54) is 0 Å². The summed E-state index contributed by atoms with van der Waals surface area (Å²) in [5.74, 6) is -0.833. The molecule has 7 rings (SSSR count). The van der Waals surface area contributed by atoms with Crippen LogP contribution in [-0.2, 0) is 13.6 Å². The van der Waals surface area contributed by atoms with Crippen molar-refractivity contribution in [2.75, 3.05) is 6.61 Å². The first-order valence-corrected chi connectivity index (χ1v) is 21.1. The van der Waals surface area contributed by atoms with Crippen molar-refractivity contribution < 1.29 is 32.6 Å². The van der Waals surface area contributed by atoms with E-state index in [1.54, 1.807) is 54.9 Å². The Morgan fingerprint density at radius 1 is 1.10 bits per heavy atom. The normalized spacial score (nSPS) is 32.9. The molecular weight excluding hydrogens is 677 g/mol. The predicted octanol–water partition coefficient (Wildman–Crippen LogP) is 7.88. The maximum absolute atomic E-state index is 13.9. The fourth-order valence-electron chi connectivity index (χ4n) is 10.1. The number of ether oxygens (including phenoxy) is 2. The quantitative estimate of drug-likeness (QED) is 0.171. The van der Waals surface area contributed by atoms with Gasteiger partial charge in [0.15, 0.2) is 0 Å². The van der Waals surface area contributed by atoms with Crippen molar-refractivity contribution >= 4 is 14.5 Å². The molecule has 3 aromatic rings. The average molecular weight is 727 g/mol. The van der Waals surface area contributed by atoms with Gasteiger partial charge in [0.05, 0.1) is 29.4 Å². The summed E-state index contributed by atoms with van der Waals surface area (Å²) in [6.07, 6.45) is 7.39. The summed E-state index contributed by atoms with van der Waals surface area (Å²) in [4.78, 5) is 31.8. The summed E-state index contributed by atoms with van der Waals surface area (Å²) in [5.41, 5.74) is -1.48. The molecule has 3 fully saturated rings. The molecule has 2 aliphatic carbocycles. The number of nitrogens with zero attached hydrogens (tertiary/aromatic N) is 2. The number of unbranched alkanes of at least 4 members (excludes halogenated alkanes) is 2. The van der Waals surface area contributed by atoms with E-state index in [0.29, 0.717) is 29.7 Å². The first-order valence-electron chi connectivity index (χ1n) is 18.9. The minimum absolute atomic E-state index is 0.0417. The lowest BCUT2D eigenvalue weighted by molar-refractivity contribution is -0.269. The number of benzene rings is 1. The molecule has 1 N–H and O–H groups in total. The van der Waals surface area contributed by atoms with Gasteiger partial charge in [0.25, 0.3) is 0 Å². The lowest BCUT2D eigenvalue weighted by Crippen LogP contribution is -2.73. The number of fused-ring (bicyclic) bond motifs is 6. The molecule has 11 heteroatoms. The van der Waals surface area contributed by atoms with Crippen molar-refractivity contribution in [1.29, 1.82) is 5.26 Å². The van der Waals surface area contributed by atoms with Crippen LogP contribution in [0.25, 0.3) is 11.3 Å². The molecule has 0 radical (unpaired) electrons. The molecule has 2 unspecified atom stereocenters. The van der Waals surface area contributed by atoms with E-state index in [0.717, 1.165) is 50.6 Å². The highest BCUT2D eigenvalue weighted by Gasteiger charge is 2.71. The summed E-state index contributed by atoms with van der Waals surface area (Å²) in [7, 11) is -2.45. The van der Waals surface area contributed by atoms with Gasteiger partial charge in [-0.1, -0.05) is 53.4 Å². The van der Waals surface area contributed by atoms with E-state index in [9.17, 15) is 20.0 Å². The van der Waals surface area contributed by atoms with Crippen LogP contribution in [0.2, 0.25) is 12.1 Å². The summed E-state index contributed by atoms with van der Waals surface area (Å²) >= 11 is 0. The van der Waals surface area contributed by atoms with Crippen molar-refractivity contribution in [2.24, 2.45) is 22.7 Å². The molecule has 2 aromatic heterocycles. The number of nitriles is 1. The van der Waals surface area contributed by atoms with Crippen LogP contribution in [0.4, 0.5) is 0 Å². The highest BCUT2D eigenvalue weighted by atomic mass is 28.4. The first kappa shape index (κ1) is 36.5. The Balaban J connectivity index is 1.30. The van der Waals surface area contributed by atoms with Gasteiger partial charge in [-0.15, -0.1) is 0 Å². The predicted molar refractivity (Wildman–Crippen MR) is 196 cm³/mol. The molecule has 276 valence electrons. The van der Waals surface area contributed by atoms with Gasteiger partial charge >= 0.3 is 20.2 Å². The van der Waals surface area contributed by atoms with Crippen LogP contribution in [0.5, 0.6) is 5.75 Å². The molecule has 10 nitrogen and oxygen atoms in total. The van der Waals surface area contributed by atoms with E-state index in [2.05, 4.69) is 38.7 Å². The second-order valence-corrected chi connectivity index (χ2v) is 19.4. The molecule has 1 saturated heterocycles. The lowest BCUT2D eigenvalue weighted by atomic mass is 9.42. The van der Waals surface area contributed by atoms with Crippen LogP contribution in [0.3, 0.4) is 0 Å². The molecule has 52 heavy (non-hydrogen) atoms. The second kappa shape index (κ2) is 13.9. The van der Waals surface area contributed by atoms with Crippen molar-refractivity contribution in [3.05, 3.63) is 82.0 Å². The van der Waals surface area contributed by atoms with Crippen LogP contribution >= 0.6 is 0 Å². The minimum Gasteiger partial charge on any atom is -0.482 e. The molecule has 0 amide bonds. The fourth-order valence-corrected chi connectivity index (χ4v) is 14.2. The highest BCUT2D eigenvalue weighted by Crippen LogP contribution is 2.68. The summed E-state index contributed by atoms with van der Waals surface area (Å²) in [6, 6.07) is 15.6. The zero-order valence-electron chi connectivity index (χ0n) is 30.9. The number of rotatable bonds is 9. The Hall–Kier alpha value is -3.82. The van der Waals surface area contributed by atoms with Crippen LogP contribution in [0, 0.1) is 34.0 Å². The number of pyridine rings is 1. The maximum atomic E-state index is 13.9. The molecule has 0 spiro atoms. The van der Waals surface area contributed by atoms with Crippen LogP contribution in [0.1, 0.15) is 107 Å². The SMILES string of the molecule is CCCC[Si]1(CCCC)OC[C@@]2(C)C3C[C@H](OC(=O)c4ccc(C#N)cc4)[C@@]4(C)Oc5cc(-c6cccnc6)oc(=O)c5[C@H](O)C4[C@@]3(C)CC[C@@H]2O1. The molecule has 0 bridgehead atoms. The van der Waals surface area contributed by atoms with Crippen molar-refractivity contribution in [2.45, 2.75) is 116 Å². The molecule has 8 atom stereocenters. The number of hydrogen-bond acceptors (Lipinski definition) is 10. The van der Waals surface area contributed by atoms with Crippen LogP contribution < -0.4 is 10.4 Å². The summed E-state index contributed by atoms with van der Waals surface area (Å²) in [5, 5.41) is 21.8. The Morgan fingerprint density at radius 2 is 1.83 bits per heavy atom. The smallest absolute Gasteiger partial charge is 0.345 e. The standard InChI is InChI=1S/C41H50N2O8Si/c1-6-8-19-52(20-9-7-2)47-25-40(4)31-22-33(49-37(45)27-14-12-26(23-42)13-15-27)41(5)36(39(31,3)17-16-32(40)51-52)35(44)34-30(50-41)21-29(48-38(34)46)28-11-10-18-43-24-28/h10-15,18,21,24,31-33,35-36,44H,6-9,16-17,19-20,22,25H2,1-5H3/t31?,32-,33-,35-,36?,39-,40-,41+/m0/s1. The monoisotopic (exact) mass is 726 g/mol. The number of aromatic nitrogens is 1. The maximum Gasteiger partial charge on any atom is 0.345 e. The van der Waals surface area contributed by atoms with Gasteiger partial charge in [-0.3, -0.25) is 4.98 Å². The number of carbonyl (C=O) groups is 1. The molecular formula is C41H50N2O8Si. The van der Waals surface area contributed by atoms with E-state index in [1.807, 2.05) is 6.92 Å². The van der Waals surface area contributed by atoms with Gasteiger partial charge in [0.2, 0.25) is 0 Å². The Kier molecular flexibility index (Phi) is 9.74. The third kappa shape index (κ3) is 6.01. The van der Waals surface area contributed by atoms with Gasteiger partial charge in [-0.25, -0.2) is 9.59 Å². The van der Waals surface area contributed by atoms with Crippen molar-refractivity contribution in [3.63, 3.8) is 0 Å². The summed E-state index contributed by atoms with van der Waals surface area (Å²) in [6.45, 7) is 11.3. The first-order chi connectivity index (χ1) is 24.9. The number of aliphatic hydroxyl groups excluding tert-OH is 1. The largest absolute Gasteiger partial charge is 0.482 e. The Bertz CT molecular complexity index is 1890. The number of carbonyl (C=O) groups excluding carboxylic acids is 1. The molecule has 2 aliphatic heterocycles. The zero-order chi connectivity index (χ0) is 36.9. The Morgan fingerprint density at radius 3 is 2.48 bits per heavy atom. The van der Waals surface area contributed by atoms with E-state index in [4.69, 9.17) is 22.7 Å². The Labute approximate surface area is 306 Å². The number of esters is 1. The van der Waals surface area contributed by atoms with Crippen LogP contribution in [-0.4, -0.2) is 49.0 Å². The van der Waals surface area contributed by atoms with Gasteiger partial charge in [0, 0.05) is 42.0 Å². The highest BCUT2D eigenvalue weighted by molar-refractivity contribution is 6.67. The topological polar surface area (TPSA) is 141 Å². The molecule has 4 heterocycles. The number of hydrogen-bond donors (Lipinski definition) is 1. The molecule has 1 aromatic carbocycles. The van der Waals surface area contributed by atoms with Gasteiger partial charge < -0.3 is 27.8 Å². The molecule has 2 saturated carbocycles. The van der Waals surface area contributed by atoms with Gasteiger partial charge in [0.1, 0.15) is 28.8 Å².